The lowest BCUT2D eigenvalue weighted by Crippen LogP contribution is -2.56. The molecule has 9 nitrogen and oxygen atoms in total. The van der Waals surface area contributed by atoms with E-state index in [4.69, 9.17) is 14.6 Å². The minimum atomic E-state index is -1.02. The number of carbonyl (C=O) groups is 2. The molecule has 1 aromatic carbocycles. The number of hydrogen-bond acceptors (Lipinski definition) is 7. The third-order valence-corrected chi connectivity index (χ3v) is 7.27. The summed E-state index contributed by atoms with van der Waals surface area (Å²) in [6, 6.07) is 6.85. The number of nitrogens with zero attached hydrogens (tertiary/aromatic N) is 2. The van der Waals surface area contributed by atoms with Crippen LogP contribution in [-0.2, 0) is 14.3 Å². The normalized spacial score (nSPS) is 22.7. The van der Waals surface area contributed by atoms with Gasteiger partial charge in [-0.05, 0) is 46.7 Å². The molecular weight excluding hydrogens is 577 g/mol. The van der Waals surface area contributed by atoms with Crippen LogP contribution < -0.4 is 10.1 Å². The van der Waals surface area contributed by atoms with Crippen molar-refractivity contribution < 1.29 is 29.3 Å². The number of benzene rings is 1. The number of aliphatic hydroxyl groups is 2. The standard InChI is InChI=1S/C26H38IN3O6/c1-18(2)15-24(32)30(9-8-29-10-13-35-14-11-29)21-16-19(26(34)28-7-12-31)17-23(25(21)33)36-22-6-4-3-5-20(22)27/h3-6,17-18,21,23,25,31,33H,7-16H2,1-2H3,(H,28,34). The summed E-state index contributed by atoms with van der Waals surface area (Å²) in [5, 5.41) is 23.3. The monoisotopic (exact) mass is 615 g/mol. The average Bonchev–Trinajstić information content (AvgIpc) is 2.86. The van der Waals surface area contributed by atoms with Gasteiger partial charge in [-0.3, -0.25) is 14.5 Å². The highest BCUT2D eigenvalue weighted by Gasteiger charge is 2.40. The van der Waals surface area contributed by atoms with Gasteiger partial charge in [0.25, 0.3) is 0 Å². The molecular formula is C26H38IN3O6. The Morgan fingerprint density at radius 3 is 2.67 bits per heavy atom. The van der Waals surface area contributed by atoms with E-state index in [2.05, 4.69) is 32.8 Å². The number of nitrogens with one attached hydrogen (secondary N) is 1. The summed E-state index contributed by atoms with van der Waals surface area (Å²) in [6.07, 6.45) is 0.370. The Labute approximate surface area is 226 Å². The molecule has 0 radical (unpaired) electrons. The number of para-hydroxylation sites is 1. The van der Waals surface area contributed by atoms with Crippen LogP contribution in [0, 0.1) is 9.49 Å². The van der Waals surface area contributed by atoms with Crippen LogP contribution in [0.25, 0.3) is 0 Å². The van der Waals surface area contributed by atoms with Crippen LogP contribution >= 0.6 is 22.6 Å². The van der Waals surface area contributed by atoms with E-state index in [9.17, 15) is 14.7 Å². The van der Waals surface area contributed by atoms with Gasteiger partial charge in [-0.25, -0.2) is 0 Å². The quantitative estimate of drug-likeness (QED) is 0.323. The molecule has 0 saturated carbocycles. The Hall–Kier alpha value is -1.73. The highest BCUT2D eigenvalue weighted by molar-refractivity contribution is 14.1. The second kappa shape index (κ2) is 14.3. The summed E-state index contributed by atoms with van der Waals surface area (Å²) < 4.78 is 12.5. The van der Waals surface area contributed by atoms with Gasteiger partial charge < -0.3 is 29.9 Å². The average molecular weight is 616 g/mol. The summed E-state index contributed by atoms with van der Waals surface area (Å²) in [4.78, 5) is 30.3. The smallest absolute Gasteiger partial charge is 0.247 e. The lowest BCUT2D eigenvalue weighted by molar-refractivity contribution is -0.139. The molecule has 200 valence electrons. The number of aliphatic hydroxyl groups excluding tert-OH is 2. The van der Waals surface area contributed by atoms with Gasteiger partial charge in [0.15, 0.2) is 0 Å². The molecule has 3 atom stereocenters. The predicted octanol–water partition coefficient (Wildman–Crippen LogP) is 1.41. The molecule has 3 unspecified atom stereocenters. The fourth-order valence-electron chi connectivity index (χ4n) is 4.48. The Kier molecular flexibility index (Phi) is 11.4. The van der Waals surface area contributed by atoms with Gasteiger partial charge in [0.1, 0.15) is 18.0 Å². The van der Waals surface area contributed by atoms with E-state index in [0.29, 0.717) is 44.0 Å². The summed E-state index contributed by atoms with van der Waals surface area (Å²) in [5.74, 6) is 0.376. The minimum Gasteiger partial charge on any atom is -0.482 e. The predicted molar refractivity (Wildman–Crippen MR) is 145 cm³/mol. The first-order chi connectivity index (χ1) is 17.3. The van der Waals surface area contributed by atoms with Gasteiger partial charge in [-0.1, -0.05) is 26.0 Å². The second-order valence-corrected chi connectivity index (χ2v) is 10.7. The fraction of sp³-hybridized carbons (Fsp3) is 0.615. The van der Waals surface area contributed by atoms with Gasteiger partial charge in [0.05, 0.1) is 29.4 Å². The SMILES string of the molecule is CC(C)CC(=O)N(CCN1CCOCC1)C1CC(C(=O)NCCO)=CC(Oc2ccccc2I)C1O. The first-order valence-corrected chi connectivity index (χ1v) is 13.7. The summed E-state index contributed by atoms with van der Waals surface area (Å²) in [5.41, 5.74) is 0.434. The van der Waals surface area contributed by atoms with Crippen molar-refractivity contribution in [3.63, 3.8) is 0 Å². The van der Waals surface area contributed by atoms with E-state index in [1.807, 2.05) is 38.1 Å². The van der Waals surface area contributed by atoms with Crippen molar-refractivity contribution in [3.8, 4) is 5.75 Å². The number of morpholine rings is 1. The summed E-state index contributed by atoms with van der Waals surface area (Å²) in [6.45, 7) is 7.95. The zero-order valence-electron chi connectivity index (χ0n) is 21.1. The van der Waals surface area contributed by atoms with Crippen LogP contribution in [0.4, 0.5) is 0 Å². The van der Waals surface area contributed by atoms with Crippen LogP contribution in [0.2, 0.25) is 0 Å². The highest BCUT2D eigenvalue weighted by atomic mass is 127. The first-order valence-electron chi connectivity index (χ1n) is 12.6. The van der Waals surface area contributed by atoms with Gasteiger partial charge in [-0.2, -0.15) is 0 Å². The van der Waals surface area contributed by atoms with Crippen molar-refractivity contribution in [1.82, 2.24) is 15.1 Å². The fourth-order valence-corrected chi connectivity index (χ4v) is 5.00. The van der Waals surface area contributed by atoms with Crippen LogP contribution in [0.1, 0.15) is 26.7 Å². The molecule has 1 heterocycles. The molecule has 3 rings (SSSR count). The van der Waals surface area contributed by atoms with Crippen molar-refractivity contribution in [1.29, 1.82) is 0 Å². The zero-order valence-corrected chi connectivity index (χ0v) is 23.2. The molecule has 10 heteroatoms. The van der Waals surface area contributed by atoms with Crippen LogP contribution in [0.3, 0.4) is 0 Å². The van der Waals surface area contributed by atoms with E-state index in [-0.39, 0.29) is 37.3 Å². The first kappa shape index (κ1) is 28.8. The topological polar surface area (TPSA) is 112 Å². The number of halogens is 1. The summed E-state index contributed by atoms with van der Waals surface area (Å²) in [7, 11) is 0. The molecule has 1 aliphatic carbocycles. The molecule has 2 aliphatic rings. The highest BCUT2D eigenvalue weighted by Crippen LogP contribution is 2.30. The van der Waals surface area contributed by atoms with Crippen molar-refractivity contribution >= 4 is 34.4 Å². The van der Waals surface area contributed by atoms with Gasteiger partial charge in [0, 0.05) is 51.1 Å². The van der Waals surface area contributed by atoms with E-state index < -0.39 is 18.2 Å². The van der Waals surface area contributed by atoms with Gasteiger partial charge >= 0.3 is 0 Å². The minimum absolute atomic E-state index is 0.0487. The molecule has 3 N–H and O–H groups in total. The molecule has 2 amide bonds. The largest absolute Gasteiger partial charge is 0.482 e. The second-order valence-electron chi connectivity index (χ2n) is 9.59. The maximum atomic E-state index is 13.4. The lowest BCUT2D eigenvalue weighted by Gasteiger charge is -2.41. The molecule has 1 aromatic rings. The lowest BCUT2D eigenvalue weighted by atomic mass is 9.87. The van der Waals surface area contributed by atoms with Crippen molar-refractivity contribution in [2.75, 3.05) is 52.5 Å². The van der Waals surface area contributed by atoms with Crippen molar-refractivity contribution in [2.45, 2.75) is 44.9 Å². The molecule has 1 aliphatic heterocycles. The zero-order chi connectivity index (χ0) is 26.1. The number of carbonyl (C=O) groups excluding carboxylic acids is 2. The maximum absolute atomic E-state index is 13.4. The molecule has 1 saturated heterocycles. The molecule has 0 aromatic heterocycles. The van der Waals surface area contributed by atoms with Crippen molar-refractivity contribution in [3.05, 3.63) is 39.5 Å². The van der Waals surface area contributed by atoms with Crippen LogP contribution in [-0.4, -0.2) is 103 Å². The van der Waals surface area contributed by atoms with E-state index in [0.717, 1.165) is 16.7 Å². The van der Waals surface area contributed by atoms with Crippen LogP contribution in [0.15, 0.2) is 35.9 Å². The Balaban J connectivity index is 1.88. The van der Waals surface area contributed by atoms with Gasteiger partial charge in [0.2, 0.25) is 11.8 Å². The Morgan fingerprint density at radius 2 is 2.00 bits per heavy atom. The third kappa shape index (κ3) is 8.14. The van der Waals surface area contributed by atoms with Gasteiger partial charge in [-0.15, -0.1) is 0 Å². The van der Waals surface area contributed by atoms with E-state index in [1.165, 1.54) is 0 Å². The number of hydrogen-bond donors (Lipinski definition) is 3. The molecule has 1 fully saturated rings. The van der Waals surface area contributed by atoms with E-state index >= 15 is 0 Å². The summed E-state index contributed by atoms with van der Waals surface area (Å²) >= 11 is 2.17. The number of rotatable bonds is 11. The third-order valence-electron chi connectivity index (χ3n) is 6.38. The molecule has 36 heavy (non-hydrogen) atoms. The number of amides is 2. The number of ether oxygens (including phenoxy) is 2. The van der Waals surface area contributed by atoms with E-state index in [1.54, 1.807) is 11.0 Å². The molecule has 0 spiro atoms. The maximum Gasteiger partial charge on any atom is 0.247 e. The van der Waals surface area contributed by atoms with Crippen molar-refractivity contribution in [2.24, 2.45) is 5.92 Å². The molecule has 0 bridgehead atoms. The Morgan fingerprint density at radius 1 is 1.28 bits per heavy atom. The van der Waals surface area contributed by atoms with Crippen LogP contribution in [0.5, 0.6) is 5.75 Å². The Bertz CT molecular complexity index is 905.